The Morgan fingerprint density at radius 1 is 0.903 bits per heavy atom. The van der Waals surface area contributed by atoms with Crippen LogP contribution < -0.4 is 16.0 Å². The van der Waals surface area contributed by atoms with E-state index in [0.717, 1.165) is 67.8 Å². The quantitative estimate of drug-likeness (QED) is 0.0890. The van der Waals surface area contributed by atoms with Gasteiger partial charge in [-0.3, -0.25) is 33.6 Å². The number of likely N-dealkylation sites (tertiary alicyclic amines) is 2. The van der Waals surface area contributed by atoms with Crippen LogP contribution in [0.25, 0.3) is 15.4 Å². The number of carbonyl (C=O) groups is 4. The Labute approximate surface area is 434 Å². The van der Waals surface area contributed by atoms with E-state index in [1.807, 2.05) is 100 Å². The van der Waals surface area contributed by atoms with E-state index >= 15 is 0 Å². The summed E-state index contributed by atoms with van der Waals surface area (Å²) >= 11 is 9.53. The van der Waals surface area contributed by atoms with Gasteiger partial charge in [-0.05, 0) is 94.5 Å². The zero-order chi connectivity index (χ0) is 51.2. The molecule has 5 aromatic rings. The average molecular weight is 1040 g/mol. The molecule has 382 valence electrons. The van der Waals surface area contributed by atoms with Crippen molar-refractivity contribution in [3.8, 4) is 15.4 Å². The minimum absolute atomic E-state index is 0.00137. The van der Waals surface area contributed by atoms with E-state index in [4.69, 9.17) is 21.3 Å². The van der Waals surface area contributed by atoms with Gasteiger partial charge in [0.1, 0.15) is 29.0 Å². The third-order valence-electron chi connectivity index (χ3n) is 14.5. The number of aliphatic hydroxyl groups is 1. The Morgan fingerprint density at radius 3 is 2.26 bits per heavy atom. The molecule has 4 amide bonds. The molecule has 0 radical (unpaired) electrons. The van der Waals surface area contributed by atoms with Crippen molar-refractivity contribution in [2.75, 3.05) is 26.2 Å². The monoisotopic (exact) mass is 1040 g/mol. The minimum atomic E-state index is -0.919. The number of halogens is 1. The van der Waals surface area contributed by atoms with Crippen LogP contribution in [0.15, 0.2) is 59.0 Å². The predicted octanol–water partition coefficient (Wildman–Crippen LogP) is 7.12. The lowest BCUT2D eigenvalue weighted by atomic mass is 9.85. The molecule has 4 aliphatic rings. The lowest BCUT2D eigenvalue weighted by Gasteiger charge is -2.40. The molecule has 2 saturated heterocycles. The summed E-state index contributed by atoms with van der Waals surface area (Å²) in [6.45, 7) is 17.1. The normalized spacial score (nSPS) is 22.2. The van der Waals surface area contributed by atoms with Gasteiger partial charge in [-0.1, -0.05) is 68.8 Å². The molecule has 4 N–H and O–H groups in total. The Morgan fingerprint density at radius 2 is 1.60 bits per heavy atom. The summed E-state index contributed by atoms with van der Waals surface area (Å²) in [7, 11) is 0. The van der Waals surface area contributed by atoms with Crippen LogP contribution in [0.1, 0.15) is 123 Å². The number of nitrogens with one attached hydrogen (secondary N) is 3. The molecule has 1 aliphatic carbocycles. The van der Waals surface area contributed by atoms with Gasteiger partial charge < -0.3 is 30.7 Å². The number of benzene rings is 2. The van der Waals surface area contributed by atoms with Gasteiger partial charge in [0.2, 0.25) is 23.6 Å². The number of thiazole rings is 1. The fourth-order valence-corrected chi connectivity index (χ4v) is 12.4. The Kier molecular flexibility index (Phi) is 15.2. The zero-order valence-corrected chi connectivity index (χ0v) is 44.6. The summed E-state index contributed by atoms with van der Waals surface area (Å²) in [6, 6.07) is 12.9. The molecule has 9 rings (SSSR count). The van der Waals surface area contributed by atoms with Crippen LogP contribution in [-0.4, -0.2) is 127 Å². The van der Waals surface area contributed by atoms with E-state index in [9.17, 15) is 24.3 Å². The Hall–Kier alpha value is -5.37. The molecule has 6 heterocycles. The first-order valence-corrected chi connectivity index (χ1v) is 27.0. The summed E-state index contributed by atoms with van der Waals surface area (Å²) in [5.41, 5.74) is 7.96. The predicted molar refractivity (Wildman–Crippen MR) is 280 cm³/mol. The second-order valence-electron chi connectivity index (χ2n) is 21.0. The van der Waals surface area contributed by atoms with E-state index in [-0.39, 0.29) is 67.9 Å². The topological polar surface area (TPSA) is 196 Å². The number of aliphatic imine (C=N–C) groups is 1. The summed E-state index contributed by atoms with van der Waals surface area (Å²) in [6.07, 6.45) is 2.34. The molecule has 1 saturated carbocycles. The van der Waals surface area contributed by atoms with Crippen molar-refractivity contribution in [3.63, 3.8) is 0 Å². The molecule has 72 heavy (non-hydrogen) atoms. The highest BCUT2D eigenvalue weighted by molar-refractivity contribution is 7.15. The van der Waals surface area contributed by atoms with E-state index < -0.39 is 35.6 Å². The molecular weight excluding hydrogens is 972 g/mol. The number of hydrogen-bond acceptors (Lipinski definition) is 13. The first-order chi connectivity index (χ1) is 34.3. The minimum Gasteiger partial charge on any atom is -0.391 e. The largest absolute Gasteiger partial charge is 0.391 e. The van der Waals surface area contributed by atoms with E-state index in [2.05, 4.69) is 49.9 Å². The van der Waals surface area contributed by atoms with Crippen molar-refractivity contribution in [1.82, 2.24) is 45.5 Å². The third-order valence-corrected chi connectivity index (χ3v) is 17.0. The van der Waals surface area contributed by atoms with Crippen molar-refractivity contribution >= 4 is 63.6 Å². The number of rotatable bonds is 14. The van der Waals surface area contributed by atoms with Crippen molar-refractivity contribution in [2.45, 2.75) is 142 Å². The number of aromatic nitrogens is 4. The van der Waals surface area contributed by atoms with Crippen molar-refractivity contribution in [2.24, 2.45) is 10.4 Å². The van der Waals surface area contributed by atoms with Crippen molar-refractivity contribution in [1.29, 1.82) is 0 Å². The number of thiophene rings is 1. The van der Waals surface area contributed by atoms with Crippen molar-refractivity contribution in [3.05, 3.63) is 104 Å². The van der Waals surface area contributed by atoms with Gasteiger partial charge in [0, 0.05) is 53.1 Å². The highest BCUT2D eigenvalue weighted by Gasteiger charge is 2.45. The van der Waals surface area contributed by atoms with Crippen LogP contribution in [-0.2, 0) is 23.9 Å². The van der Waals surface area contributed by atoms with E-state index in [0.29, 0.717) is 36.8 Å². The van der Waals surface area contributed by atoms with E-state index in [1.54, 1.807) is 22.7 Å². The first kappa shape index (κ1) is 51.5. The number of nitrogens with zero attached hydrogens (tertiary/aromatic N) is 7. The second-order valence-corrected chi connectivity index (χ2v) is 23.5. The maximum absolute atomic E-state index is 14.3. The number of amides is 4. The van der Waals surface area contributed by atoms with Gasteiger partial charge in [0.25, 0.3) is 0 Å². The van der Waals surface area contributed by atoms with Crippen LogP contribution >= 0.6 is 34.3 Å². The Bertz CT molecular complexity index is 2840. The number of β-amino-alcohol motifs (C(OH)–C–C–N with tert-alkyl or cyclic N) is 1. The molecular formula is C53H65ClN10O6S2. The maximum atomic E-state index is 14.3. The number of aliphatic hydroxyl groups excluding tert-OH is 1. The molecule has 3 fully saturated rings. The molecule has 0 spiro atoms. The standard InChI is InChI=1S/C53H65ClN10O6S2/c1-28-31(4)72-52-45(28)46(34-13-15-36(54)16-14-34)58-41(49-61-60-32(5)64(49)52)24-43(66)57-37-21-40(22-37)70-39-17-19-62(20-18-39)26-44(67)59-48(53(6,7)8)51(69)63-25-38(65)23-42(63)50(68)56-29(2)33-9-11-35(12-10-33)47-30(3)55-27-71-47/h9-16,27,29,37-42,48,65H,17-26H2,1-8H3,(H,56,68)(H,57,66)(H,59,67)/t29-,37-,38+,40-,41-,42+,48+/m0/s1. The van der Waals surface area contributed by atoms with Crippen LogP contribution in [0, 0.1) is 33.1 Å². The molecule has 5 atom stereocenters. The summed E-state index contributed by atoms with van der Waals surface area (Å²) in [5, 5.41) is 30.6. The molecule has 0 bridgehead atoms. The highest BCUT2D eigenvalue weighted by Crippen LogP contribution is 2.40. The molecule has 3 aromatic heterocycles. The molecule has 2 aromatic carbocycles. The number of ether oxygens (including phenoxy) is 1. The zero-order valence-electron chi connectivity index (χ0n) is 42.2. The van der Waals surface area contributed by atoms with Gasteiger partial charge in [0.05, 0.1) is 59.1 Å². The SMILES string of the molecule is Cc1ncsc1-c1ccc([C@H](C)NC(=O)[C@H]2C[C@@H](O)CN2C(=O)[C@@H](NC(=O)CN2CCC(O[C@H]3C[C@H](NC(=O)C[C@@H]4N=C(c5ccc(Cl)cc5)c5c(sc(C)c5C)-n5c(C)nnc54)C3)CC2)C(C)(C)C)cc1. The average Bonchev–Trinajstić information content (AvgIpc) is 4.10. The van der Waals surface area contributed by atoms with Crippen LogP contribution in [0.4, 0.5) is 0 Å². The number of carbonyl (C=O) groups excluding carboxylic acids is 4. The van der Waals surface area contributed by atoms with Crippen LogP contribution in [0.2, 0.25) is 5.02 Å². The Balaban J connectivity index is 0.736. The lowest BCUT2D eigenvalue weighted by molar-refractivity contribution is -0.144. The number of piperidine rings is 1. The number of hydrogen-bond donors (Lipinski definition) is 4. The molecule has 3 aliphatic heterocycles. The van der Waals surface area contributed by atoms with Gasteiger partial charge in [0.15, 0.2) is 5.82 Å². The van der Waals surface area contributed by atoms with Gasteiger partial charge >= 0.3 is 0 Å². The highest BCUT2D eigenvalue weighted by atomic mass is 35.5. The third kappa shape index (κ3) is 11.1. The smallest absolute Gasteiger partial charge is 0.246 e. The first-order valence-electron chi connectivity index (χ1n) is 24.9. The number of fused-ring (bicyclic) bond motifs is 3. The van der Waals surface area contributed by atoms with Gasteiger partial charge in [-0.25, -0.2) is 4.98 Å². The lowest BCUT2D eigenvalue weighted by Crippen LogP contribution is -2.59. The van der Waals surface area contributed by atoms with Gasteiger partial charge in [-0.15, -0.1) is 32.9 Å². The summed E-state index contributed by atoms with van der Waals surface area (Å²) in [5.74, 6) is 0.248. The molecule has 0 unspecified atom stereocenters. The molecule has 16 nitrogen and oxygen atoms in total. The molecule has 19 heteroatoms. The van der Waals surface area contributed by atoms with Crippen LogP contribution in [0.5, 0.6) is 0 Å². The van der Waals surface area contributed by atoms with Crippen LogP contribution in [0.3, 0.4) is 0 Å². The number of aryl methyl sites for hydroxylation is 3. The fourth-order valence-electron chi connectivity index (χ4n) is 10.3. The summed E-state index contributed by atoms with van der Waals surface area (Å²) in [4.78, 5) is 70.8. The maximum Gasteiger partial charge on any atom is 0.246 e. The van der Waals surface area contributed by atoms with Gasteiger partial charge in [-0.2, -0.15) is 0 Å². The van der Waals surface area contributed by atoms with Crippen molar-refractivity contribution < 1.29 is 29.0 Å². The second kappa shape index (κ2) is 21.2. The van der Waals surface area contributed by atoms with E-state index in [1.165, 1.54) is 9.78 Å². The summed E-state index contributed by atoms with van der Waals surface area (Å²) < 4.78 is 8.55. The fraction of sp³-hybridized carbons (Fsp3) is 0.509.